The first-order valence-corrected chi connectivity index (χ1v) is 6.35. The molecule has 0 spiro atoms. The third-order valence-electron chi connectivity index (χ3n) is 2.62. The topological polar surface area (TPSA) is 68.0 Å². The number of carbonyl (C=O) groups is 1. The lowest BCUT2D eigenvalue weighted by Gasteiger charge is -2.15. The minimum Gasteiger partial charge on any atom is -0.325 e. The minimum absolute atomic E-state index is 0. The summed E-state index contributed by atoms with van der Waals surface area (Å²) < 4.78 is 1.06. The van der Waals surface area contributed by atoms with E-state index in [4.69, 9.17) is 5.73 Å². The second kappa shape index (κ2) is 6.13. The van der Waals surface area contributed by atoms with Crippen LogP contribution >= 0.6 is 23.7 Å². The Kier molecular flexibility index (Phi) is 5.07. The number of rotatable bonds is 3. The van der Waals surface area contributed by atoms with Crippen LogP contribution in [-0.2, 0) is 4.79 Å². The van der Waals surface area contributed by atoms with E-state index < -0.39 is 6.04 Å². The van der Waals surface area contributed by atoms with Crippen LogP contribution in [0.15, 0.2) is 23.7 Å². The van der Waals surface area contributed by atoms with Gasteiger partial charge in [-0.25, -0.2) is 4.98 Å². The number of carbonyl (C=O) groups excluding carboxylic acids is 1. The highest BCUT2D eigenvalue weighted by Crippen LogP contribution is 2.21. The molecule has 0 saturated carbocycles. The number of nitrogens with two attached hydrogens (primary N) is 1. The molecule has 1 aromatic carbocycles. The van der Waals surface area contributed by atoms with Gasteiger partial charge in [0.15, 0.2) is 0 Å². The highest BCUT2D eigenvalue weighted by atomic mass is 35.5. The van der Waals surface area contributed by atoms with E-state index in [-0.39, 0.29) is 24.2 Å². The molecule has 2 aromatic rings. The van der Waals surface area contributed by atoms with Gasteiger partial charge in [-0.05, 0) is 24.1 Å². The van der Waals surface area contributed by atoms with E-state index in [0.717, 1.165) is 15.9 Å². The van der Waals surface area contributed by atoms with Crippen molar-refractivity contribution in [1.82, 2.24) is 4.98 Å². The van der Waals surface area contributed by atoms with Crippen LogP contribution in [0.3, 0.4) is 0 Å². The van der Waals surface area contributed by atoms with E-state index in [1.54, 1.807) is 16.8 Å². The van der Waals surface area contributed by atoms with Crippen LogP contribution in [0.4, 0.5) is 5.69 Å². The Labute approximate surface area is 116 Å². The Morgan fingerprint density at radius 2 is 2.17 bits per heavy atom. The molecule has 2 rings (SSSR count). The molecule has 0 aliphatic rings. The zero-order valence-electron chi connectivity index (χ0n) is 10.2. The fourth-order valence-electron chi connectivity index (χ4n) is 1.46. The first kappa shape index (κ1) is 14.9. The molecule has 0 unspecified atom stereocenters. The van der Waals surface area contributed by atoms with Crippen molar-refractivity contribution in [3.8, 4) is 0 Å². The first-order chi connectivity index (χ1) is 8.08. The molecule has 0 bridgehead atoms. The van der Waals surface area contributed by atoms with Gasteiger partial charge in [0.05, 0.1) is 21.8 Å². The number of benzene rings is 1. The summed E-state index contributed by atoms with van der Waals surface area (Å²) in [6.07, 6.45) is 0. The fraction of sp³-hybridized carbons (Fsp3) is 0.333. The van der Waals surface area contributed by atoms with Crippen molar-refractivity contribution in [2.24, 2.45) is 11.7 Å². The molecule has 6 heteroatoms. The van der Waals surface area contributed by atoms with Gasteiger partial charge in [-0.15, -0.1) is 23.7 Å². The van der Waals surface area contributed by atoms with Crippen LogP contribution in [0.25, 0.3) is 10.2 Å². The number of anilines is 1. The second-order valence-corrected chi connectivity index (χ2v) is 5.18. The van der Waals surface area contributed by atoms with Crippen molar-refractivity contribution in [3.05, 3.63) is 23.7 Å². The largest absolute Gasteiger partial charge is 0.325 e. The SMILES string of the molecule is CC(C)[C@H](N)C(=O)Nc1ccc2ncsc2c1.Cl. The smallest absolute Gasteiger partial charge is 0.241 e. The normalized spacial score (nSPS) is 12.2. The average Bonchev–Trinajstić information content (AvgIpc) is 2.74. The fourth-order valence-corrected chi connectivity index (χ4v) is 2.18. The minimum atomic E-state index is -0.479. The Hall–Kier alpha value is -1.17. The molecule has 0 saturated heterocycles. The molecule has 1 aromatic heterocycles. The summed E-state index contributed by atoms with van der Waals surface area (Å²) in [5.74, 6) is -0.0222. The molecule has 1 heterocycles. The molecular weight excluding hydrogens is 270 g/mol. The van der Waals surface area contributed by atoms with Gasteiger partial charge >= 0.3 is 0 Å². The van der Waals surface area contributed by atoms with Crippen molar-refractivity contribution in [2.75, 3.05) is 5.32 Å². The molecule has 1 atom stereocenters. The summed E-state index contributed by atoms with van der Waals surface area (Å²) in [6, 6.07) is 5.17. The predicted molar refractivity (Wildman–Crippen MR) is 78.3 cm³/mol. The first-order valence-electron chi connectivity index (χ1n) is 5.47. The molecule has 18 heavy (non-hydrogen) atoms. The molecule has 3 N–H and O–H groups in total. The number of halogens is 1. The Morgan fingerprint density at radius 3 is 2.83 bits per heavy atom. The van der Waals surface area contributed by atoms with Crippen LogP contribution in [0.1, 0.15) is 13.8 Å². The Bertz CT molecular complexity index is 541. The molecule has 98 valence electrons. The van der Waals surface area contributed by atoms with Crippen LogP contribution < -0.4 is 11.1 Å². The van der Waals surface area contributed by atoms with Gasteiger partial charge in [-0.1, -0.05) is 13.8 Å². The van der Waals surface area contributed by atoms with Crippen LogP contribution in [-0.4, -0.2) is 16.9 Å². The standard InChI is InChI=1S/C12H15N3OS.ClH/c1-7(2)11(13)12(16)15-8-3-4-9-10(5-8)17-6-14-9;/h3-7,11H,13H2,1-2H3,(H,15,16);1H/t11-;/m0./s1. The maximum absolute atomic E-state index is 11.8. The van der Waals surface area contributed by atoms with Gasteiger partial charge in [-0.3, -0.25) is 4.79 Å². The van der Waals surface area contributed by atoms with E-state index >= 15 is 0 Å². The third kappa shape index (κ3) is 3.19. The number of amides is 1. The molecule has 0 aliphatic carbocycles. The van der Waals surface area contributed by atoms with E-state index in [1.165, 1.54) is 0 Å². The summed E-state index contributed by atoms with van der Waals surface area (Å²) in [5, 5.41) is 2.82. The molecule has 0 aliphatic heterocycles. The van der Waals surface area contributed by atoms with Gasteiger partial charge < -0.3 is 11.1 Å². The van der Waals surface area contributed by atoms with Crippen molar-refractivity contribution in [1.29, 1.82) is 0 Å². The van der Waals surface area contributed by atoms with E-state index in [9.17, 15) is 4.79 Å². The summed E-state index contributed by atoms with van der Waals surface area (Å²) in [7, 11) is 0. The lowest BCUT2D eigenvalue weighted by molar-refractivity contribution is -0.118. The quantitative estimate of drug-likeness (QED) is 0.911. The number of hydrogen-bond acceptors (Lipinski definition) is 4. The molecule has 0 radical (unpaired) electrons. The predicted octanol–water partition coefficient (Wildman–Crippen LogP) is 2.64. The molecule has 0 fully saturated rings. The molecule has 1 amide bonds. The van der Waals surface area contributed by atoms with Crippen molar-refractivity contribution in [2.45, 2.75) is 19.9 Å². The monoisotopic (exact) mass is 285 g/mol. The van der Waals surface area contributed by atoms with Crippen molar-refractivity contribution in [3.63, 3.8) is 0 Å². The number of hydrogen-bond donors (Lipinski definition) is 2. The highest BCUT2D eigenvalue weighted by molar-refractivity contribution is 7.16. The zero-order chi connectivity index (χ0) is 12.4. The van der Waals surface area contributed by atoms with E-state index in [2.05, 4.69) is 10.3 Å². The maximum Gasteiger partial charge on any atom is 0.241 e. The van der Waals surface area contributed by atoms with E-state index in [0.29, 0.717) is 0 Å². The lowest BCUT2D eigenvalue weighted by atomic mass is 10.1. The number of thiazole rings is 1. The van der Waals surface area contributed by atoms with Gasteiger partial charge in [-0.2, -0.15) is 0 Å². The van der Waals surface area contributed by atoms with Gasteiger partial charge in [0.25, 0.3) is 0 Å². The van der Waals surface area contributed by atoms with Crippen LogP contribution in [0.5, 0.6) is 0 Å². The maximum atomic E-state index is 11.8. The summed E-state index contributed by atoms with van der Waals surface area (Å²) in [5.41, 5.74) is 9.28. The number of nitrogens with zero attached hydrogens (tertiary/aromatic N) is 1. The number of aromatic nitrogens is 1. The van der Waals surface area contributed by atoms with Gasteiger partial charge in [0, 0.05) is 5.69 Å². The summed E-state index contributed by atoms with van der Waals surface area (Å²) in [6.45, 7) is 3.85. The molecular formula is C12H16ClN3OS. The lowest BCUT2D eigenvalue weighted by Crippen LogP contribution is -2.39. The van der Waals surface area contributed by atoms with Crippen molar-refractivity contribution >= 4 is 45.6 Å². The van der Waals surface area contributed by atoms with E-state index in [1.807, 2.05) is 32.0 Å². The Morgan fingerprint density at radius 1 is 1.44 bits per heavy atom. The second-order valence-electron chi connectivity index (χ2n) is 4.29. The van der Waals surface area contributed by atoms with Crippen LogP contribution in [0.2, 0.25) is 0 Å². The number of nitrogens with one attached hydrogen (secondary N) is 1. The van der Waals surface area contributed by atoms with Crippen molar-refractivity contribution < 1.29 is 4.79 Å². The zero-order valence-corrected chi connectivity index (χ0v) is 11.8. The number of fused-ring (bicyclic) bond motifs is 1. The Balaban J connectivity index is 0.00000162. The summed E-state index contributed by atoms with van der Waals surface area (Å²) >= 11 is 1.55. The van der Waals surface area contributed by atoms with Gasteiger partial charge in [0.1, 0.15) is 0 Å². The van der Waals surface area contributed by atoms with Gasteiger partial charge in [0.2, 0.25) is 5.91 Å². The average molecular weight is 286 g/mol. The van der Waals surface area contributed by atoms with Crippen LogP contribution in [0, 0.1) is 5.92 Å². The molecule has 4 nitrogen and oxygen atoms in total. The highest BCUT2D eigenvalue weighted by Gasteiger charge is 2.17. The summed E-state index contributed by atoms with van der Waals surface area (Å²) in [4.78, 5) is 16.0. The third-order valence-corrected chi connectivity index (χ3v) is 3.41.